The number of amides is 1. The Morgan fingerprint density at radius 3 is 2.58 bits per heavy atom. The first kappa shape index (κ1) is 13.9. The summed E-state index contributed by atoms with van der Waals surface area (Å²) in [5, 5.41) is 3.15. The Labute approximate surface area is 113 Å². The molecule has 1 aliphatic heterocycles. The molecule has 1 atom stereocenters. The van der Waals surface area contributed by atoms with Crippen molar-refractivity contribution in [2.24, 2.45) is 0 Å². The second-order valence-corrected chi connectivity index (χ2v) is 7.01. The fraction of sp³-hybridized carbons (Fsp3) is 0.462. The average Bonchev–Trinajstić information content (AvgIpc) is 2.62. The molecule has 1 amide bonds. The highest BCUT2D eigenvalue weighted by Crippen LogP contribution is 2.23. The van der Waals surface area contributed by atoms with Gasteiger partial charge >= 0.3 is 0 Å². The van der Waals surface area contributed by atoms with E-state index in [-0.39, 0.29) is 16.8 Å². The molecule has 1 N–H and O–H groups in total. The molecule has 104 valence electrons. The van der Waals surface area contributed by atoms with Crippen LogP contribution in [0.15, 0.2) is 23.1 Å². The van der Waals surface area contributed by atoms with Gasteiger partial charge in [0.25, 0.3) is 0 Å². The molecular weight excluding hydrogens is 264 g/mol. The Bertz CT molecular complexity index is 610. The molecule has 0 saturated carbocycles. The largest absolute Gasteiger partial charge is 0.373 e. The summed E-state index contributed by atoms with van der Waals surface area (Å²) < 4.78 is 23.1. The van der Waals surface area contributed by atoms with Crippen LogP contribution in [0.5, 0.6) is 0 Å². The summed E-state index contributed by atoms with van der Waals surface area (Å²) in [5.74, 6) is 0.0455. The Balaban J connectivity index is 2.28. The number of aryl methyl sites for hydroxylation is 1. The second-order valence-electron chi connectivity index (χ2n) is 4.99. The van der Waals surface area contributed by atoms with Gasteiger partial charge in [-0.1, -0.05) is 6.07 Å². The fourth-order valence-electron chi connectivity index (χ4n) is 2.13. The van der Waals surface area contributed by atoms with E-state index in [1.54, 1.807) is 30.1 Å². The van der Waals surface area contributed by atoms with Gasteiger partial charge in [0.1, 0.15) is 6.04 Å². The number of nitrogens with zero attached hydrogens (tertiary/aromatic N) is 1. The number of sulfone groups is 1. The van der Waals surface area contributed by atoms with E-state index in [0.717, 1.165) is 18.5 Å². The highest BCUT2D eigenvalue weighted by molar-refractivity contribution is 7.90. The molecule has 1 aromatic rings. The Kier molecular flexibility index (Phi) is 3.54. The van der Waals surface area contributed by atoms with Crippen molar-refractivity contribution in [1.82, 2.24) is 4.90 Å². The molecule has 19 heavy (non-hydrogen) atoms. The smallest absolute Gasteiger partial charge is 0.244 e. The van der Waals surface area contributed by atoms with Gasteiger partial charge in [0.2, 0.25) is 5.91 Å². The molecular formula is C13H18N2O3S. The Hall–Kier alpha value is -1.56. The predicted molar refractivity (Wildman–Crippen MR) is 74.0 cm³/mol. The number of anilines is 1. The van der Waals surface area contributed by atoms with Gasteiger partial charge in [-0.3, -0.25) is 4.79 Å². The van der Waals surface area contributed by atoms with Crippen LogP contribution < -0.4 is 5.32 Å². The molecule has 0 bridgehead atoms. The molecule has 1 fully saturated rings. The topological polar surface area (TPSA) is 66.5 Å². The third-order valence-electron chi connectivity index (χ3n) is 3.39. The van der Waals surface area contributed by atoms with Crippen molar-refractivity contribution in [2.45, 2.75) is 24.3 Å². The summed E-state index contributed by atoms with van der Waals surface area (Å²) in [5.41, 5.74) is 1.63. The molecule has 6 heteroatoms. The van der Waals surface area contributed by atoms with E-state index < -0.39 is 9.84 Å². The maximum atomic E-state index is 11.8. The first-order valence-corrected chi connectivity index (χ1v) is 8.00. The minimum absolute atomic E-state index is 0.0455. The van der Waals surface area contributed by atoms with Crippen molar-refractivity contribution in [3.63, 3.8) is 0 Å². The van der Waals surface area contributed by atoms with Crippen LogP contribution in [0.3, 0.4) is 0 Å². The maximum Gasteiger partial charge on any atom is 0.244 e. The summed E-state index contributed by atoms with van der Waals surface area (Å²) in [4.78, 5) is 13.8. The van der Waals surface area contributed by atoms with Crippen molar-refractivity contribution in [3.8, 4) is 0 Å². The molecule has 1 unspecified atom stereocenters. The maximum absolute atomic E-state index is 11.8. The van der Waals surface area contributed by atoms with Gasteiger partial charge in [0, 0.05) is 25.5 Å². The van der Waals surface area contributed by atoms with Gasteiger partial charge in [-0.25, -0.2) is 8.42 Å². The number of hydrogen-bond donors (Lipinski definition) is 1. The van der Waals surface area contributed by atoms with Gasteiger partial charge in [0.15, 0.2) is 9.84 Å². The van der Waals surface area contributed by atoms with Crippen LogP contribution in [-0.4, -0.2) is 45.1 Å². The summed E-state index contributed by atoms with van der Waals surface area (Å²) in [6.45, 7) is 2.61. The third kappa shape index (κ3) is 2.89. The normalized spacial score (nSPS) is 19.8. The molecule has 1 aromatic carbocycles. The number of hydrogen-bond acceptors (Lipinski definition) is 4. The number of rotatable bonds is 3. The van der Waals surface area contributed by atoms with E-state index in [0.29, 0.717) is 5.69 Å². The molecule has 5 nitrogen and oxygen atoms in total. The molecule has 1 saturated heterocycles. The number of nitrogens with one attached hydrogen (secondary N) is 1. The lowest BCUT2D eigenvalue weighted by Crippen LogP contribution is -2.31. The number of benzene rings is 1. The van der Waals surface area contributed by atoms with E-state index in [1.807, 2.05) is 6.92 Å². The minimum Gasteiger partial charge on any atom is -0.373 e. The lowest BCUT2D eigenvalue weighted by atomic mass is 10.1. The van der Waals surface area contributed by atoms with E-state index in [9.17, 15) is 13.2 Å². The molecule has 0 aromatic heterocycles. The van der Waals surface area contributed by atoms with Gasteiger partial charge in [-0.2, -0.15) is 0 Å². The number of likely N-dealkylation sites (N-methyl/N-ethyl adjacent to an activating group) is 1. The number of carbonyl (C=O) groups is 1. The summed E-state index contributed by atoms with van der Waals surface area (Å²) in [6.07, 6.45) is 1.91. The van der Waals surface area contributed by atoms with E-state index in [4.69, 9.17) is 0 Å². The van der Waals surface area contributed by atoms with Crippen LogP contribution in [-0.2, 0) is 14.6 Å². The third-order valence-corrected chi connectivity index (χ3v) is 4.50. The van der Waals surface area contributed by atoms with Crippen LogP contribution in [0.1, 0.15) is 12.0 Å². The Morgan fingerprint density at radius 1 is 1.37 bits per heavy atom. The zero-order chi connectivity index (χ0) is 14.2. The predicted octanol–water partition coefficient (Wildman–Crippen LogP) is 1.04. The van der Waals surface area contributed by atoms with Gasteiger partial charge in [0.05, 0.1) is 4.90 Å². The molecule has 0 radical (unpaired) electrons. The van der Waals surface area contributed by atoms with Gasteiger partial charge in [-0.15, -0.1) is 0 Å². The van der Waals surface area contributed by atoms with Crippen molar-refractivity contribution < 1.29 is 13.2 Å². The number of carbonyl (C=O) groups excluding carboxylic acids is 1. The van der Waals surface area contributed by atoms with Crippen LogP contribution in [0.2, 0.25) is 0 Å². The van der Waals surface area contributed by atoms with Crippen LogP contribution in [0.25, 0.3) is 0 Å². The molecule has 1 heterocycles. The summed E-state index contributed by atoms with van der Waals surface area (Å²) >= 11 is 0. The van der Waals surface area contributed by atoms with Crippen molar-refractivity contribution >= 4 is 21.4 Å². The van der Waals surface area contributed by atoms with Crippen LogP contribution in [0.4, 0.5) is 5.69 Å². The van der Waals surface area contributed by atoms with E-state index >= 15 is 0 Å². The SMILES string of the molecule is Cc1ccc(S(C)(=O)=O)cc1NC1CCN(C)C1=O. The molecule has 0 spiro atoms. The van der Waals surface area contributed by atoms with Gasteiger partial charge in [-0.05, 0) is 31.0 Å². The standard InChI is InChI=1S/C13H18N2O3S/c1-9-4-5-10(19(3,17)18)8-12(9)14-11-6-7-15(2)13(11)16/h4-5,8,11,14H,6-7H2,1-3H3. The number of likely N-dealkylation sites (tertiary alicyclic amines) is 1. The average molecular weight is 282 g/mol. The van der Waals surface area contributed by atoms with E-state index in [2.05, 4.69) is 5.32 Å². The first-order valence-electron chi connectivity index (χ1n) is 6.11. The van der Waals surface area contributed by atoms with Gasteiger partial charge < -0.3 is 10.2 Å². The van der Waals surface area contributed by atoms with Crippen molar-refractivity contribution in [1.29, 1.82) is 0 Å². The molecule has 0 aliphatic carbocycles. The Morgan fingerprint density at radius 2 is 2.05 bits per heavy atom. The fourth-order valence-corrected chi connectivity index (χ4v) is 2.78. The highest BCUT2D eigenvalue weighted by Gasteiger charge is 2.29. The minimum atomic E-state index is -3.24. The monoisotopic (exact) mass is 282 g/mol. The molecule has 1 aliphatic rings. The lowest BCUT2D eigenvalue weighted by Gasteiger charge is -2.16. The molecule has 2 rings (SSSR count). The zero-order valence-electron chi connectivity index (χ0n) is 11.3. The first-order chi connectivity index (χ1) is 8.79. The van der Waals surface area contributed by atoms with Crippen molar-refractivity contribution in [3.05, 3.63) is 23.8 Å². The quantitative estimate of drug-likeness (QED) is 0.899. The zero-order valence-corrected chi connectivity index (χ0v) is 12.1. The summed E-state index contributed by atoms with van der Waals surface area (Å²) in [7, 11) is -1.47. The van der Waals surface area contributed by atoms with Crippen molar-refractivity contribution in [2.75, 3.05) is 25.2 Å². The van der Waals surface area contributed by atoms with E-state index in [1.165, 1.54) is 6.26 Å². The highest BCUT2D eigenvalue weighted by atomic mass is 32.2. The van der Waals surface area contributed by atoms with Crippen LogP contribution in [0, 0.1) is 6.92 Å². The second kappa shape index (κ2) is 4.85. The lowest BCUT2D eigenvalue weighted by molar-refractivity contribution is -0.127. The summed E-state index contributed by atoms with van der Waals surface area (Å²) in [6, 6.07) is 4.66. The van der Waals surface area contributed by atoms with Crippen LogP contribution >= 0.6 is 0 Å².